The molecule has 3 amide bonds. The Morgan fingerprint density at radius 2 is 1.80 bits per heavy atom. The molecular formula is C30H39N7O3. The molecule has 0 radical (unpaired) electrons. The third kappa shape index (κ3) is 4.99. The molecular weight excluding hydrogens is 506 g/mol. The summed E-state index contributed by atoms with van der Waals surface area (Å²) in [7, 11) is 1.70. The number of aromatic nitrogens is 1. The van der Waals surface area contributed by atoms with Gasteiger partial charge in [-0.3, -0.25) is 19.3 Å². The lowest BCUT2D eigenvalue weighted by Gasteiger charge is -2.49. The highest BCUT2D eigenvalue weighted by Crippen LogP contribution is 2.35. The molecule has 1 aromatic heterocycles. The van der Waals surface area contributed by atoms with Crippen LogP contribution in [0.3, 0.4) is 0 Å². The van der Waals surface area contributed by atoms with Gasteiger partial charge in [-0.2, -0.15) is 5.26 Å². The van der Waals surface area contributed by atoms with Crippen LogP contribution < -0.4 is 10.2 Å². The quantitative estimate of drug-likeness (QED) is 0.629. The monoisotopic (exact) mass is 545 g/mol. The molecule has 1 atom stereocenters. The summed E-state index contributed by atoms with van der Waals surface area (Å²) in [6.45, 7) is 12.1. The number of benzene rings is 1. The Kier molecular flexibility index (Phi) is 7.21. The molecule has 10 heteroatoms. The fourth-order valence-corrected chi connectivity index (χ4v) is 6.37. The molecule has 0 bridgehead atoms. The highest BCUT2D eigenvalue weighted by Gasteiger charge is 2.51. The van der Waals surface area contributed by atoms with Crippen LogP contribution in [0.2, 0.25) is 0 Å². The van der Waals surface area contributed by atoms with Crippen LogP contribution in [-0.4, -0.2) is 95.3 Å². The first kappa shape index (κ1) is 27.8. The van der Waals surface area contributed by atoms with E-state index < -0.39 is 11.6 Å². The van der Waals surface area contributed by atoms with Gasteiger partial charge in [-0.25, -0.2) is 4.98 Å². The smallest absolute Gasteiger partial charge is 0.246 e. The topological polar surface area (TPSA) is 113 Å². The Morgan fingerprint density at radius 3 is 2.45 bits per heavy atom. The van der Waals surface area contributed by atoms with Gasteiger partial charge in [0, 0.05) is 57.3 Å². The number of carbonyl (C=O) groups excluding carboxylic acids is 3. The summed E-state index contributed by atoms with van der Waals surface area (Å²) in [5.74, 6) is 0.617. The molecule has 3 aliphatic heterocycles. The van der Waals surface area contributed by atoms with E-state index in [2.05, 4.69) is 42.0 Å². The third-order valence-electron chi connectivity index (χ3n) is 8.55. The zero-order valence-corrected chi connectivity index (χ0v) is 24.2. The van der Waals surface area contributed by atoms with E-state index in [0.717, 1.165) is 28.7 Å². The number of nitrogens with zero attached hydrogens (tertiary/aromatic N) is 6. The Labute approximate surface area is 235 Å². The number of nitriles is 1. The largest absolute Gasteiger partial charge is 0.354 e. The van der Waals surface area contributed by atoms with Gasteiger partial charge in [-0.15, -0.1) is 0 Å². The standard InChI is InChI=1S/C30H39N7O3/c1-20-27(39)34(5)30(28(40)32-20)10-12-36(13-11-30)25(38)18-35-14-15-37(19-29(2,3)4)26-23(17-35)21-8-6-7-9-22(21)24(16-31)33-26/h6-9,20H,10-15,17-19H2,1-5H3,(H,32,40). The molecule has 2 aromatic rings. The number of likely N-dealkylation sites (tertiary alicyclic amines) is 1. The molecule has 5 rings (SSSR count). The van der Waals surface area contributed by atoms with E-state index in [9.17, 15) is 19.6 Å². The molecule has 1 aromatic carbocycles. The molecule has 1 unspecified atom stereocenters. The molecule has 4 heterocycles. The highest BCUT2D eigenvalue weighted by atomic mass is 16.2. The first-order chi connectivity index (χ1) is 18.9. The van der Waals surface area contributed by atoms with E-state index in [1.807, 2.05) is 29.2 Å². The summed E-state index contributed by atoms with van der Waals surface area (Å²) in [5.41, 5.74) is 0.585. The first-order valence-corrected chi connectivity index (χ1v) is 14.1. The number of pyridine rings is 1. The lowest BCUT2D eigenvalue weighted by molar-refractivity contribution is -0.159. The van der Waals surface area contributed by atoms with Gasteiger partial charge in [-0.1, -0.05) is 45.0 Å². The van der Waals surface area contributed by atoms with Crippen LogP contribution in [0.25, 0.3) is 10.8 Å². The maximum atomic E-state index is 13.5. The maximum absolute atomic E-state index is 13.5. The molecule has 2 saturated heterocycles. The number of piperazine rings is 1. The molecule has 1 spiro atoms. The van der Waals surface area contributed by atoms with Crippen molar-refractivity contribution in [2.24, 2.45) is 5.41 Å². The SMILES string of the molecule is CC1NC(=O)C2(CCN(C(=O)CN3CCN(CC(C)(C)C)c4nc(C#N)c5ccccc5c4C3)CC2)N(C)C1=O. The average molecular weight is 546 g/mol. The van der Waals surface area contributed by atoms with Crippen molar-refractivity contribution >= 4 is 34.3 Å². The summed E-state index contributed by atoms with van der Waals surface area (Å²) in [5, 5.41) is 14.5. The van der Waals surface area contributed by atoms with E-state index >= 15 is 0 Å². The van der Waals surface area contributed by atoms with Crippen molar-refractivity contribution in [3.05, 3.63) is 35.5 Å². The Hall–Kier alpha value is -3.71. The predicted octanol–water partition coefficient (Wildman–Crippen LogP) is 2.11. The number of hydrogen-bond acceptors (Lipinski definition) is 7. The number of fused-ring (bicyclic) bond motifs is 3. The van der Waals surface area contributed by atoms with Crippen molar-refractivity contribution in [1.29, 1.82) is 5.26 Å². The van der Waals surface area contributed by atoms with Crippen LogP contribution >= 0.6 is 0 Å². The van der Waals surface area contributed by atoms with Gasteiger partial charge in [0.25, 0.3) is 0 Å². The minimum absolute atomic E-state index is 0.0178. The van der Waals surface area contributed by atoms with Gasteiger partial charge in [0.05, 0.1) is 6.54 Å². The summed E-state index contributed by atoms with van der Waals surface area (Å²) < 4.78 is 0. The fourth-order valence-electron chi connectivity index (χ4n) is 6.37. The second-order valence-corrected chi connectivity index (χ2v) is 12.6. The summed E-state index contributed by atoms with van der Waals surface area (Å²) in [6, 6.07) is 9.62. The summed E-state index contributed by atoms with van der Waals surface area (Å²) >= 11 is 0. The predicted molar refractivity (Wildman–Crippen MR) is 152 cm³/mol. The molecule has 40 heavy (non-hydrogen) atoms. The molecule has 1 N–H and O–H groups in total. The zero-order valence-electron chi connectivity index (χ0n) is 24.2. The van der Waals surface area contributed by atoms with Crippen LogP contribution in [0, 0.1) is 16.7 Å². The van der Waals surface area contributed by atoms with E-state index in [-0.39, 0.29) is 29.7 Å². The van der Waals surface area contributed by atoms with Crippen molar-refractivity contribution in [1.82, 2.24) is 25.0 Å². The lowest BCUT2D eigenvalue weighted by atomic mass is 9.82. The van der Waals surface area contributed by atoms with Gasteiger partial charge < -0.3 is 20.0 Å². The number of nitrogens with one attached hydrogen (secondary N) is 1. The van der Waals surface area contributed by atoms with Crippen molar-refractivity contribution in [3.8, 4) is 6.07 Å². The molecule has 3 aliphatic rings. The van der Waals surface area contributed by atoms with E-state index in [4.69, 9.17) is 4.98 Å². The van der Waals surface area contributed by atoms with Crippen LogP contribution in [0.15, 0.2) is 24.3 Å². The number of anilines is 1. The first-order valence-electron chi connectivity index (χ1n) is 14.1. The van der Waals surface area contributed by atoms with Gasteiger partial charge >= 0.3 is 0 Å². The van der Waals surface area contributed by atoms with E-state index in [1.165, 1.54) is 0 Å². The number of likely N-dealkylation sites (N-methyl/N-ethyl adjacent to an activating group) is 1. The third-order valence-corrected chi connectivity index (χ3v) is 8.55. The van der Waals surface area contributed by atoms with E-state index in [1.54, 1.807) is 18.9 Å². The van der Waals surface area contributed by atoms with Gasteiger partial charge in [0.1, 0.15) is 23.5 Å². The second kappa shape index (κ2) is 10.4. The summed E-state index contributed by atoms with van der Waals surface area (Å²) in [4.78, 5) is 51.7. The van der Waals surface area contributed by atoms with E-state index in [0.29, 0.717) is 51.3 Å². The number of hydrogen-bond donors (Lipinski definition) is 1. The fraction of sp³-hybridized carbons (Fsp3) is 0.567. The van der Waals surface area contributed by atoms with Crippen LogP contribution in [-0.2, 0) is 20.9 Å². The normalized spacial score (nSPS) is 21.7. The Balaban J connectivity index is 1.36. The van der Waals surface area contributed by atoms with Crippen molar-refractivity contribution in [2.45, 2.75) is 58.7 Å². The lowest BCUT2D eigenvalue weighted by Crippen LogP contribution is -2.71. The molecule has 10 nitrogen and oxygen atoms in total. The molecule has 212 valence electrons. The second-order valence-electron chi connectivity index (χ2n) is 12.6. The highest BCUT2D eigenvalue weighted by molar-refractivity contribution is 5.99. The zero-order chi connectivity index (χ0) is 28.8. The van der Waals surface area contributed by atoms with Crippen LogP contribution in [0.1, 0.15) is 51.8 Å². The average Bonchev–Trinajstić information content (AvgIpc) is 3.09. The minimum Gasteiger partial charge on any atom is -0.354 e. The van der Waals surface area contributed by atoms with Gasteiger partial charge in [-0.05, 0) is 30.6 Å². The molecule has 2 fully saturated rings. The number of rotatable bonds is 3. The van der Waals surface area contributed by atoms with Gasteiger partial charge in [0.2, 0.25) is 17.7 Å². The van der Waals surface area contributed by atoms with Crippen LogP contribution in [0.4, 0.5) is 5.82 Å². The minimum atomic E-state index is -0.890. The number of piperidine rings is 1. The Bertz CT molecular complexity index is 1380. The summed E-state index contributed by atoms with van der Waals surface area (Å²) in [6.07, 6.45) is 0.848. The number of amides is 3. The number of carbonyl (C=O) groups is 3. The van der Waals surface area contributed by atoms with Crippen molar-refractivity contribution in [3.63, 3.8) is 0 Å². The van der Waals surface area contributed by atoms with Crippen LogP contribution in [0.5, 0.6) is 0 Å². The Morgan fingerprint density at radius 1 is 1.12 bits per heavy atom. The van der Waals surface area contributed by atoms with Crippen molar-refractivity contribution < 1.29 is 14.4 Å². The maximum Gasteiger partial charge on any atom is 0.246 e. The van der Waals surface area contributed by atoms with Crippen molar-refractivity contribution in [2.75, 3.05) is 51.2 Å². The molecule has 0 saturated carbocycles. The molecule has 0 aliphatic carbocycles. The van der Waals surface area contributed by atoms with Gasteiger partial charge in [0.15, 0.2) is 5.69 Å².